The van der Waals surface area contributed by atoms with Crippen molar-refractivity contribution in [3.8, 4) is 0 Å². The molecule has 0 atom stereocenters. The van der Waals surface area contributed by atoms with Crippen LogP contribution in [0.5, 0.6) is 0 Å². The lowest BCUT2D eigenvalue weighted by Crippen LogP contribution is -2.32. The average Bonchev–Trinajstić information content (AvgIpc) is 2.17. The molecular weight excluding hydrogens is 181 g/mol. The first-order valence-corrected chi connectivity index (χ1v) is 4.78. The molecule has 1 aliphatic rings. The van der Waals surface area contributed by atoms with Crippen LogP contribution in [0, 0.1) is 0 Å². The molecule has 0 unspecified atom stereocenters. The highest BCUT2D eigenvalue weighted by atomic mass is 19.1. The lowest BCUT2D eigenvalue weighted by atomic mass is 10.1. The molecule has 1 saturated heterocycles. The molecule has 1 aliphatic heterocycles. The Bertz CT molecular complexity index is 242. The van der Waals surface area contributed by atoms with Gasteiger partial charge < -0.3 is 10.1 Å². The Balaban J connectivity index is 2.46. The van der Waals surface area contributed by atoms with E-state index in [1.54, 1.807) is 0 Å². The number of piperidine rings is 1. The summed E-state index contributed by atoms with van der Waals surface area (Å²) in [6.07, 6.45) is 4.83. The van der Waals surface area contributed by atoms with Crippen LogP contribution < -0.4 is 5.32 Å². The maximum atomic E-state index is 12.5. The van der Waals surface area contributed by atoms with E-state index in [0.29, 0.717) is 5.76 Å². The summed E-state index contributed by atoms with van der Waals surface area (Å²) < 4.78 is 18.0. The Morgan fingerprint density at radius 2 is 2.07 bits per heavy atom. The minimum atomic E-state index is -0.506. The van der Waals surface area contributed by atoms with Crippen molar-refractivity contribution in [3.05, 3.63) is 36.9 Å². The fourth-order valence-electron chi connectivity index (χ4n) is 1.40. The van der Waals surface area contributed by atoms with Crippen LogP contribution in [-0.4, -0.2) is 19.2 Å². The van der Waals surface area contributed by atoms with Gasteiger partial charge >= 0.3 is 0 Å². The molecule has 0 aromatic carbocycles. The van der Waals surface area contributed by atoms with Gasteiger partial charge in [-0.2, -0.15) is 0 Å². The zero-order valence-corrected chi connectivity index (χ0v) is 8.26. The van der Waals surface area contributed by atoms with Gasteiger partial charge in [-0.25, -0.2) is 4.39 Å². The van der Waals surface area contributed by atoms with Gasteiger partial charge in [-0.05, 0) is 32.0 Å². The Hall–Kier alpha value is -1.09. The highest BCUT2D eigenvalue weighted by Crippen LogP contribution is 2.14. The second kappa shape index (κ2) is 5.60. The summed E-state index contributed by atoms with van der Waals surface area (Å²) in [5, 5.41) is 3.23. The predicted molar refractivity (Wildman–Crippen MR) is 55.5 cm³/mol. The second-order valence-electron chi connectivity index (χ2n) is 3.26. The summed E-state index contributed by atoms with van der Waals surface area (Å²) in [6, 6.07) is 0. The minimum Gasteiger partial charge on any atom is -0.490 e. The van der Waals surface area contributed by atoms with E-state index in [4.69, 9.17) is 4.74 Å². The quantitative estimate of drug-likeness (QED) is 0.551. The van der Waals surface area contributed by atoms with Crippen molar-refractivity contribution in [1.82, 2.24) is 5.32 Å². The molecule has 2 nitrogen and oxygen atoms in total. The molecule has 0 amide bonds. The molecule has 0 saturated carbocycles. The summed E-state index contributed by atoms with van der Waals surface area (Å²) in [6.45, 7) is 8.62. The lowest BCUT2D eigenvalue weighted by Gasteiger charge is -2.24. The van der Waals surface area contributed by atoms with E-state index in [2.05, 4.69) is 18.5 Å². The standard InChI is InChI=1S/C11H16FNO/c1-3-10(8-9(2)12)14-11-4-6-13-7-5-11/h3,8,11,13H,1-2,4-7H2/b10-8+. The van der Waals surface area contributed by atoms with Gasteiger partial charge in [0.05, 0.1) is 0 Å². The number of nitrogens with one attached hydrogen (secondary N) is 1. The van der Waals surface area contributed by atoms with Crippen molar-refractivity contribution in [2.45, 2.75) is 18.9 Å². The Labute approximate surface area is 84.1 Å². The smallest absolute Gasteiger partial charge is 0.122 e. The van der Waals surface area contributed by atoms with E-state index in [-0.39, 0.29) is 6.10 Å². The molecule has 1 fully saturated rings. The number of hydrogen-bond donors (Lipinski definition) is 1. The third-order valence-electron chi connectivity index (χ3n) is 2.09. The fraction of sp³-hybridized carbons (Fsp3) is 0.455. The largest absolute Gasteiger partial charge is 0.490 e. The highest BCUT2D eigenvalue weighted by molar-refractivity contribution is 5.19. The van der Waals surface area contributed by atoms with Crippen LogP contribution >= 0.6 is 0 Å². The molecule has 78 valence electrons. The molecule has 0 aromatic heterocycles. The zero-order chi connectivity index (χ0) is 10.4. The van der Waals surface area contributed by atoms with E-state index in [1.807, 2.05) is 0 Å². The molecule has 3 heteroatoms. The van der Waals surface area contributed by atoms with Crippen molar-refractivity contribution < 1.29 is 9.13 Å². The van der Waals surface area contributed by atoms with Crippen LogP contribution in [0.4, 0.5) is 4.39 Å². The van der Waals surface area contributed by atoms with Gasteiger partial charge in [-0.3, -0.25) is 0 Å². The molecule has 0 radical (unpaired) electrons. The minimum absolute atomic E-state index is 0.167. The average molecular weight is 197 g/mol. The van der Waals surface area contributed by atoms with Gasteiger partial charge in [-0.15, -0.1) is 0 Å². The Morgan fingerprint density at radius 1 is 1.43 bits per heavy atom. The molecule has 0 aliphatic carbocycles. The first kappa shape index (κ1) is 11.0. The lowest BCUT2D eigenvalue weighted by molar-refractivity contribution is 0.0957. The van der Waals surface area contributed by atoms with Gasteiger partial charge in [0, 0.05) is 6.08 Å². The molecule has 1 rings (SSSR count). The maximum absolute atomic E-state index is 12.5. The predicted octanol–water partition coefficient (Wildman–Crippen LogP) is 2.31. The molecule has 1 N–H and O–H groups in total. The second-order valence-corrected chi connectivity index (χ2v) is 3.26. The van der Waals surface area contributed by atoms with Crippen LogP contribution in [0.1, 0.15) is 12.8 Å². The first-order valence-electron chi connectivity index (χ1n) is 4.78. The van der Waals surface area contributed by atoms with Crippen LogP contribution in [0.2, 0.25) is 0 Å². The first-order chi connectivity index (χ1) is 6.72. The Morgan fingerprint density at radius 3 is 2.57 bits per heavy atom. The Kier molecular flexibility index (Phi) is 4.40. The molecule has 1 heterocycles. The topological polar surface area (TPSA) is 21.3 Å². The van der Waals surface area contributed by atoms with Crippen molar-refractivity contribution in [3.63, 3.8) is 0 Å². The number of halogens is 1. The normalized spacial score (nSPS) is 19.1. The molecule has 14 heavy (non-hydrogen) atoms. The molecule has 0 aromatic rings. The SMILES string of the molecule is C=C/C(=C\C(=C)F)OC1CCNCC1. The summed E-state index contributed by atoms with van der Waals surface area (Å²) in [7, 11) is 0. The summed E-state index contributed by atoms with van der Waals surface area (Å²) in [4.78, 5) is 0. The van der Waals surface area contributed by atoms with Crippen LogP contribution in [0.15, 0.2) is 36.9 Å². The number of rotatable bonds is 4. The van der Waals surface area contributed by atoms with E-state index < -0.39 is 5.83 Å². The van der Waals surface area contributed by atoms with Crippen molar-refractivity contribution >= 4 is 0 Å². The van der Waals surface area contributed by atoms with Gasteiger partial charge in [0.25, 0.3) is 0 Å². The van der Waals surface area contributed by atoms with Gasteiger partial charge in [0.15, 0.2) is 0 Å². The van der Waals surface area contributed by atoms with E-state index in [1.165, 1.54) is 12.2 Å². The number of hydrogen-bond acceptors (Lipinski definition) is 2. The van der Waals surface area contributed by atoms with Crippen LogP contribution in [-0.2, 0) is 4.74 Å². The van der Waals surface area contributed by atoms with Crippen molar-refractivity contribution in [2.24, 2.45) is 0 Å². The fourth-order valence-corrected chi connectivity index (χ4v) is 1.40. The summed E-state index contributed by atoms with van der Waals surface area (Å²) in [5.41, 5.74) is 0. The summed E-state index contributed by atoms with van der Waals surface area (Å²) >= 11 is 0. The third-order valence-corrected chi connectivity index (χ3v) is 2.09. The van der Waals surface area contributed by atoms with E-state index in [9.17, 15) is 4.39 Å². The van der Waals surface area contributed by atoms with Crippen LogP contribution in [0.3, 0.4) is 0 Å². The van der Waals surface area contributed by atoms with Gasteiger partial charge in [0.2, 0.25) is 0 Å². The van der Waals surface area contributed by atoms with Crippen LogP contribution in [0.25, 0.3) is 0 Å². The third kappa shape index (κ3) is 3.75. The molecular formula is C11H16FNO. The molecule has 0 bridgehead atoms. The van der Waals surface area contributed by atoms with Gasteiger partial charge in [0.1, 0.15) is 17.7 Å². The number of allylic oxidation sites excluding steroid dienone is 3. The van der Waals surface area contributed by atoms with E-state index >= 15 is 0 Å². The summed E-state index contributed by atoms with van der Waals surface area (Å²) in [5.74, 6) is -0.0433. The van der Waals surface area contributed by atoms with E-state index in [0.717, 1.165) is 25.9 Å². The highest BCUT2D eigenvalue weighted by Gasteiger charge is 2.14. The maximum Gasteiger partial charge on any atom is 0.122 e. The van der Waals surface area contributed by atoms with Gasteiger partial charge in [-0.1, -0.05) is 13.2 Å². The van der Waals surface area contributed by atoms with Crippen molar-refractivity contribution in [1.29, 1.82) is 0 Å². The van der Waals surface area contributed by atoms with Crippen molar-refractivity contribution in [2.75, 3.05) is 13.1 Å². The monoisotopic (exact) mass is 197 g/mol. The number of ether oxygens (including phenoxy) is 1. The zero-order valence-electron chi connectivity index (χ0n) is 8.26. The molecule has 0 spiro atoms.